The lowest BCUT2D eigenvalue weighted by Gasteiger charge is -2.24. The fourth-order valence-corrected chi connectivity index (χ4v) is 3.17. The molecule has 0 spiro atoms. The lowest BCUT2D eigenvalue weighted by Crippen LogP contribution is -2.10. The van der Waals surface area contributed by atoms with E-state index in [0.29, 0.717) is 0 Å². The Balaban J connectivity index is 2.22. The van der Waals surface area contributed by atoms with Gasteiger partial charge in [-0.2, -0.15) is 0 Å². The highest BCUT2D eigenvalue weighted by Crippen LogP contribution is 2.43. The van der Waals surface area contributed by atoms with Crippen LogP contribution in [0.5, 0.6) is 0 Å². The molecule has 0 aliphatic heterocycles. The van der Waals surface area contributed by atoms with Gasteiger partial charge in [0, 0.05) is 35.8 Å². The van der Waals surface area contributed by atoms with Crippen molar-refractivity contribution in [2.45, 2.75) is 18.8 Å². The summed E-state index contributed by atoms with van der Waals surface area (Å²) in [7, 11) is 0. The van der Waals surface area contributed by atoms with E-state index in [2.05, 4.69) is 48.9 Å². The fraction of sp³-hybridized carbons (Fsp3) is 0.188. The molecule has 1 atom stereocenters. The summed E-state index contributed by atoms with van der Waals surface area (Å²) < 4.78 is 0. The average molecular weight is 205 g/mol. The van der Waals surface area contributed by atoms with Crippen LogP contribution in [-0.2, 0) is 0 Å². The number of hydrogen-bond acceptors (Lipinski definition) is 0. The molecule has 0 saturated heterocycles. The van der Waals surface area contributed by atoms with E-state index in [1.807, 2.05) is 0 Å². The summed E-state index contributed by atoms with van der Waals surface area (Å²) in [6.07, 6.45) is 9.42. The van der Waals surface area contributed by atoms with Crippen molar-refractivity contribution in [3.63, 3.8) is 0 Å². The number of allylic oxidation sites excluding steroid dienone is 1. The van der Waals surface area contributed by atoms with Crippen LogP contribution in [0.1, 0.15) is 35.4 Å². The first-order valence-electron chi connectivity index (χ1n) is 5.99. The standard InChI is InChI=1S/C16H13/c1-3-11-7-9-13-5-2-6-14-10-8-12(4-1)15(11)16(13)14/h1-5,7-9,14H,6,10H2/q+1. The maximum Gasteiger partial charge on any atom is 0.138 e. The minimum Gasteiger partial charge on any atom is -0.0832 e. The number of benzene rings is 2. The van der Waals surface area contributed by atoms with Gasteiger partial charge in [0.05, 0.1) is 5.39 Å². The van der Waals surface area contributed by atoms with Crippen LogP contribution in [0.3, 0.4) is 0 Å². The molecule has 0 fully saturated rings. The molecular weight excluding hydrogens is 192 g/mol. The quantitative estimate of drug-likeness (QED) is 0.562. The Morgan fingerprint density at radius 3 is 3.12 bits per heavy atom. The Morgan fingerprint density at radius 1 is 1.12 bits per heavy atom. The second-order valence-corrected chi connectivity index (χ2v) is 4.79. The largest absolute Gasteiger partial charge is 0.138 e. The highest BCUT2D eigenvalue weighted by Gasteiger charge is 2.30. The summed E-state index contributed by atoms with van der Waals surface area (Å²) in [5.74, 6) is 0.721. The zero-order chi connectivity index (χ0) is 10.5. The van der Waals surface area contributed by atoms with Gasteiger partial charge in [0.1, 0.15) is 5.56 Å². The van der Waals surface area contributed by atoms with E-state index in [-0.39, 0.29) is 0 Å². The van der Waals surface area contributed by atoms with Crippen LogP contribution in [0.2, 0.25) is 0 Å². The molecule has 0 heteroatoms. The van der Waals surface area contributed by atoms with Gasteiger partial charge in [-0.15, -0.1) is 0 Å². The van der Waals surface area contributed by atoms with E-state index in [9.17, 15) is 0 Å². The van der Waals surface area contributed by atoms with Crippen LogP contribution >= 0.6 is 0 Å². The second-order valence-electron chi connectivity index (χ2n) is 4.79. The Bertz CT molecular complexity index is 605. The molecule has 0 bridgehead atoms. The van der Waals surface area contributed by atoms with Gasteiger partial charge >= 0.3 is 0 Å². The molecule has 76 valence electrons. The lowest BCUT2D eigenvalue weighted by molar-refractivity contribution is 0.681. The maximum atomic E-state index is 2.41. The molecule has 2 aromatic rings. The molecule has 2 aliphatic rings. The zero-order valence-corrected chi connectivity index (χ0v) is 9.11. The van der Waals surface area contributed by atoms with Crippen molar-refractivity contribution in [1.82, 2.24) is 0 Å². The third kappa shape index (κ3) is 0.969. The van der Waals surface area contributed by atoms with Gasteiger partial charge in [-0.3, -0.25) is 0 Å². The molecule has 0 amide bonds. The molecule has 0 nitrogen and oxygen atoms in total. The van der Waals surface area contributed by atoms with Crippen LogP contribution in [0.4, 0.5) is 0 Å². The second kappa shape index (κ2) is 2.91. The van der Waals surface area contributed by atoms with Crippen molar-refractivity contribution >= 4 is 16.8 Å². The Kier molecular flexibility index (Phi) is 1.54. The van der Waals surface area contributed by atoms with Crippen molar-refractivity contribution in [2.75, 3.05) is 0 Å². The molecular formula is C16H13+. The van der Waals surface area contributed by atoms with Gasteiger partial charge in [0.2, 0.25) is 0 Å². The van der Waals surface area contributed by atoms with E-state index in [1.165, 1.54) is 34.7 Å². The molecule has 0 N–H and O–H groups in total. The lowest BCUT2D eigenvalue weighted by atomic mass is 9.75. The summed E-state index contributed by atoms with van der Waals surface area (Å²) in [5.41, 5.74) is 4.46. The highest BCUT2D eigenvalue weighted by atomic mass is 14.3. The molecule has 0 aromatic heterocycles. The van der Waals surface area contributed by atoms with Gasteiger partial charge in [-0.25, -0.2) is 0 Å². The zero-order valence-electron chi connectivity index (χ0n) is 9.11. The van der Waals surface area contributed by atoms with Crippen molar-refractivity contribution in [1.29, 1.82) is 0 Å². The van der Waals surface area contributed by atoms with Crippen LogP contribution in [-0.4, -0.2) is 0 Å². The van der Waals surface area contributed by atoms with Gasteiger partial charge in [0.15, 0.2) is 0 Å². The Hall–Kier alpha value is -1.69. The SMILES string of the molecule is C1=Cc2ccc3cccc4c3c2C(C1)C[CH+]4. The third-order valence-electron chi connectivity index (χ3n) is 3.90. The number of rotatable bonds is 0. The predicted molar refractivity (Wildman–Crippen MR) is 68.4 cm³/mol. The smallest absolute Gasteiger partial charge is 0.0832 e. The molecule has 2 aliphatic carbocycles. The highest BCUT2D eigenvalue weighted by molar-refractivity contribution is 5.94. The van der Waals surface area contributed by atoms with Crippen LogP contribution in [0, 0.1) is 6.42 Å². The first kappa shape index (κ1) is 8.46. The summed E-state index contributed by atoms with van der Waals surface area (Å²) in [5, 5.41) is 2.90. The van der Waals surface area contributed by atoms with E-state index in [4.69, 9.17) is 0 Å². The van der Waals surface area contributed by atoms with E-state index in [1.54, 1.807) is 5.56 Å². The van der Waals surface area contributed by atoms with E-state index < -0.39 is 0 Å². The van der Waals surface area contributed by atoms with Crippen molar-refractivity contribution in [3.05, 3.63) is 59.5 Å². The summed E-state index contributed by atoms with van der Waals surface area (Å²) >= 11 is 0. The minimum absolute atomic E-state index is 0.721. The first-order chi connectivity index (χ1) is 7.93. The Morgan fingerprint density at radius 2 is 2.12 bits per heavy atom. The van der Waals surface area contributed by atoms with Gasteiger partial charge in [0.25, 0.3) is 0 Å². The molecule has 0 saturated carbocycles. The summed E-state index contributed by atoms with van der Waals surface area (Å²) in [4.78, 5) is 0. The Labute approximate surface area is 95.6 Å². The van der Waals surface area contributed by atoms with Crippen molar-refractivity contribution in [2.24, 2.45) is 0 Å². The maximum absolute atomic E-state index is 2.41. The average Bonchev–Trinajstić information content (AvgIpc) is 2.36. The molecule has 0 radical (unpaired) electrons. The molecule has 1 unspecified atom stereocenters. The van der Waals surface area contributed by atoms with Gasteiger partial charge in [-0.1, -0.05) is 18.2 Å². The van der Waals surface area contributed by atoms with Crippen LogP contribution in [0.25, 0.3) is 16.8 Å². The minimum atomic E-state index is 0.721. The molecule has 16 heavy (non-hydrogen) atoms. The van der Waals surface area contributed by atoms with Crippen LogP contribution in [0.15, 0.2) is 36.4 Å². The number of hydrogen-bond donors (Lipinski definition) is 0. The summed E-state index contributed by atoms with van der Waals surface area (Å²) in [6.45, 7) is 0. The van der Waals surface area contributed by atoms with Gasteiger partial charge < -0.3 is 0 Å². The summed E-state index contributed by atoms with van der Waals surface area (Å²) in [6, 6.07) is 11.2. The third-order valence-corrected chi connectivity index (χ3v) is 3.90. The topological polar surface area (TPSA) is 0 Å². The predicted octanol–water partition coefficient (Wildman–Crippen LogP) is 4.30. The van der Waals surface area contributed by atoms with Crippen molar-refractivity contribution in [3.8, 4) is 0 Å². The van der Waals surface area contributed by atoms with E-state index in [0.717, 1.165) is 5.92 Å². The molecule has 0 heterocycles. The monoisotopic (exact) mass is 205 g/mol. The molecule has 4 rings (SSSR count). The van der Waals surface area contributed by atoms with Gasteiger partial charge in [-0.05, 0) is 30.2 Å². The molecule has 2 aromatic carbocycles. The van der Waals surface area contributed by atoms with E-state index >= 15 is 0 Å². The van der Waals surface area contributed by atoms with Crippen LogP contribution < -0.4 is 0 Å². The normalized spacial score (nSPS) is 20.9. The van der Waals surface area contributed by atoms with Crippen molar-refractivity contribution < 1.29 is 0 Å². The fourth-order valence-electron chi connectivity index (χ4n) is 3.17. The first-order valence-corrected chi connectivity index (χ1v) is 5.99.